The topological polar surface area (TPSA) is 33.5 Å². The van der Waals surface area contributed by atoms with Crippen LogP contribution in [0.5, 0.6) is 11.5 Å². The van der Waals surface area contributed by atoms with Gasteiger partial charge in [0.1, 0.15) is 23.3 Å². The van der Waals surface area contributed by atoms with Gasteiger partial charge in [0.15, 0.2) is 0 Å². The first-order chi connectivity index (χ1) is 43.1. The van der Waals surface area contributed by atoms with Gasteiger partial charge in [-0.05, 0) is 136 Å². The Kier molecular flexibility index (Phi) is 17.1. The van der Waals surface area contributed by atoms with Gasteiger partial charge in [-0.15, -0.1) is 53.6 Å². The van der Waals surface area contributed by atoms with Crippen molar-refractivity contribution in [2.24, 2.45) is 0 Å². The first-order valence-corrected chi connectivity index (χ1v) is 32.1. The number of pyridine rings is 1. The molecule has 0 fully saturated rings. The van der Waals surface area contributed by atoms with Crippen LogP contribution in [0.2, 0.25) is 0 Å². The molecule has 11 aromatic rings. The van der Waals surface area contributed by atoms with Crippen LogP contribution in [0.3, 0.4) is 0 Å². The van der Waals surface area contributed by atoms with Gasteiger partial charge >= 0.3 is 0 Å². The fraction of sp³-hybridized carbons (Fsp3) is 0.286. The van der Waals surface area contributed by atoms with E-state index < -0.39 is 17.5 Å². The van der Waals surface area contributed by atoms with Crippen LogP contribution in [0.25, 0.3) is 72.1 Å². The molecule has 0 spiro atoms. The van der Waals surface area contributed by atoms with Crippen molar-refractivity contribution in [1.82, 2.24) is 9.55 Å². The average molecular weight is 1420 g/mol. The van der Waals surface area contributed by atoms with Crippen molar-refractivity contribution in [2.75, 3.05) is 9.80 Å². The van der Waals surface area contributed by atoms with E-state index in [4.69, 9.17) is 9.72 Å². The van der Waals surface area contributed by atoms with Crippen molar-refractivity contribution in [3.05, 3.63) is 246 Å². The van der Waals surface area contributed by atoms with Gasteiger partial charge in [0.25, 0.3) is 0 Å². The number of rotatable bonds is 9. The summed E-state index contributed by atoms with van der Waals surface area (Å²) in [6, 6.07) is 63.5. The van der Waals surface area contributed by atoms with Gasteiger partial charge in [-0.3, -0.25) is 0 Å². The summed E-state index contributed by atoms with van der Waals surface area (Å²) in [4.78, 5) is 9.11. The van der Waals surface area contributed by atoms with Gasteiger partial charge in [0.05, 0.1) is 5.56 Å². The third kappa shape index (κ3) is 12.9. The van der Waals surface area contributed by atoms with Gasteiger partial charge in [0, 0.05) is 84.6 Å². The van der Waals surface area contributed by atoms with Crippen LogP contribution in [0.1, 0.15) is 158 Å². The minimum atomic E-state index is -1.02. The van der Waals surface area contributed by atoms with Crippen LogP contribution in [0.15, 0.2) is 176 Å². The second-order valence-corrected chi connectivity index (χ2v) is 31.2. The summed E-state index contributed by atoms with van der Waals surface area (Å²) in [7, 11) is 0. The van der Waals surface area contributed by atoms with Crippen LogP contribution in [-0.4, -0.2) is 9.55 Å². The average Bonchev–Trinajstić information content (AvgIpc) is 1.73. The second-order valence-electron chi connectivity index (χ2n) is 31.2. The number of anilines is 4. The van der Waals surface area contributed by atoms with Crippen molar-refractivity contribution < 1.29 is 39.0 Å². The first-order valence-electron chi connectivity index (χ1n) is 32.1. The molecule has 0 aliphatic carbocycles. The number of fused-ring (bicyclic) bond motifs is 4. The molecule has 1 aliphatic rings. The van der Waals surface area contributed by atoms with E-state index in [2.05, 4.69) is 243 Å². The monoisotopic (exact) mass is 1420 g/mol. The summed E-state index contributed by atoms with van der Waals surface area (Å²) in [6.45, 7) is 42.3. The SMILES string of the molecule is CC(C)(C)c1cc(-c2cc(-c3ccccc3)cc(-c3c(F)cc(F)cc3F)c2N2[CH-]N(c3[c-]c(Oc4[c-]c5c(cc4)c4ccccc4n5-c4cc(C(C)(C)C)ccn4)cc(-c4c(C(C)(C)C)cc(C(C)(C)C)cc4C(C)(C)C)c3)c3ccccc32)cc(C(C)(C)C)c1.[Pt]. The number of hydrogen-bond acceptors (Lipinski definition) is 4. The molecule has 0 amide bonds. The van der Waals surface area contributed by atoms with E-state index in [1.54, 1.807) is 0 Å². The molecule has 480 valence electrons. The first kappa shape index (κ1) is 66.3. The number of benzene rings is 9. The zero-order valence-corrected chi connectivity index (χ0v) is 59.2. The summed E-state index contributed by atoms with van der Waals surface area (Å²) in [6.07, 6.45) is 1.88. The van der Waals surface area contributed by atoms with Gasteiger partial charge in [-0.1, -0.05) is 221 Å². The molecule has 0 N–H and O–H groups in total. The van der Waals surface area contributed by atoms with Crippen LogP contribution >= 0.6 is 0 Å². The quantitative estimate of drug-likeness (QED) is 0.135. The zero-order valence-electron chi connectivity index (χ0n) is 57.0. The standard InChI is InChI=1S/C84H84F3N4O.Pt/c1-79(2,3)55-34-35-88-75(45-55)91-71-29-23-22-28-63(71)64-33-32-61(49-74(64)91)92-62-39-54(76-67(83(13,14)15)43-58(82(10,11)12)44-68(76)84(16,17)18)38-60(48-62)89-50-90(73-31-25-24-30-72(73)89)78-65(53-36-56(80(4,5)6)42-57(37-53)81(7,8)9)40-52(51-26-20-19-21-27-51)41-66(78)77-69(86)46-59(85)47-70(77)87;/h19-47,50H,1-18H3;/q-3;. The Balaban J connectivity index is 0.00000884. The molecule has 2 aromatic heterocycles. The third-order valence-corrected chi connectivity index (χ3v) is 18.0. The van der Waals surface area contributed by atoms with E-state index in [1.165, 1.54) is 16.7 Å². The molecule has 0 bridgehead atoms. The number of hydrogen-bond donors (Lipinski definition) is 0. The zero-order chi connectivity index (χ0) is 65.9. The summed E-state index contributed by atoms with van der Waals surface area (Å²) in [5, 5.41) is 2.08. The smallest absolute Gasteiger partial charge is 0.136 e. The van der Waals surface area contributed by atoms with Gasteiger partial charge in [-0.25, -0.2) is 18.2 Å². The molecule has 1 aliphatic heterocycles. The Morgan fingerprint density at radius 1 is 0.419 bits per heavy atom. The number of nitrogens with zero attached hydrogens (tertiary/aromatic N) is 4. The minimum Gasteiger partial charge on any atom is -0.509 e. The number of ether oxygens (including phenoxy) is 1. The molecule has 0 saturated heterocycles. The van der Waals surface area contributed by atoms with Gasteiger partial charge in [0.2, 0.25) is 0 Å². The third-order valence-electron chi connectivity index (χ3n) is 18.0. The normalized spacial score (nSPS) is 13.3. The number of halogens is 3. The molecule has 9 heteroatoms. The Morgan fingerprint density at radius 3 is 1.56 bits per heavy atom. The molecule has 5 nitrogen and oxygen atoms in total. The molecule has 0 atom stereocenters. The Hall–Kier alpha value is -8.19. The Bertz CT molecular complexity index is 4600. The van der Waals surface area contributed by atoms with Crippen molar-refractivity contribution in [3.63, 3.8) is 0 Å². The Morgan fingerprint density at radius 2 is 0.968 bits per heavy atom. The van der Waals surface area contributed by atoms with E-state index in [-0.39, 0.29) is 64.7 Å². The van der Waals surface area contributed by atoms with Gasteiger partial charge < -0.3 is 19.1 Å². The fourth-order valence-electron chi connectivity index (χ4n) is 12.8. The van der Waals surface area contributed by atoms with Crippen molar-refractivity contribution >= 4 is 44.6 Å². The van der Waals surface area contributed by atoms with E-state index >= 15 is 13.2 Å². The number of aromatic nitrogens is 2. The minimum absolute atomic E-state index is 0. The molecular weight excluding hydrogens is 1330 g/mol. The predicted molar refractivity (Wildman–Crippen MR) is 378 cm³/mol. The van der Waals surface area contributed by atoms with Crippen LogP contribution < -0.4 is 14.5 Å². The van der Waals surface area contributed by atoms with Crippen molar-refractivity contribution in [1.29, 1.82) is 0 Å². The second kappa shape index (κ2) is 24.0. The molecule has 12 rings (SSSR count). The number of para-hydroxylation sites is 3. The maximum atomic E-state index is 17.1. The molecule has 93 heavy (non-hydrogen) atoms. The van der Waals surface area contributed by atoms with Crippen LogP contribution in [0.4, 0.5) is 35.9 Å². The van der Waals surface area contributed by atoms with Gasteiger partial charge in [-0.2, -0.15) is 6.07 Å². The summed E-state index contributed by atoms with van der Waals surface area (Å²) < 4.78 is 58.9. The predicted octanol–water partition coefficient (Wildman–Crippen LogP) is 23.8. The van der Waals surface area contributed by atoms with Crippen molar-refractivity contribution in [2.45, 2.75) is 157 Å². The molecule has 0 saturated carbocycles. The van der Waals surface area contributed by atoms with E-state index in [0.29, 0.717) is 22.9 Å². The van der Waals surface area contributed by atoms with E-state index in [1.807, 2.05) is 78.4 Å². The summed E-state index contributed by atoms with van der Waals surface area (Å²) in [5.41, 5.74) is 15.1. The Labute approximate surface area is 564 Å². The maximum Gasteiger partial charge on any atom is 0.136 e. The van der Waals surface area contributed by atoms with Crippen molar-refractivity contribution in [3.8, 4) is 61.8 Å². The van der Waals surface area contributed by atoms with E-state index in [9.17, 15) is 0 Å². The largest absolute Gasteiger partial charge is 0.509 e. The fourth-order valence-corrected chi connectivity index (χ4v) is 12.8. The molecule has 9 aromatic carbocycles. The van der Waals surface area contributed by atoms with Crippen LogP contribution in [-0.2, 0) is 53.6 Å². The summed E-state index contributed by atoms with van der Waals surface area (Å²) in [5.74, 6) is -1.32. The van der Waals surface area contributed by atoms with E-state index in [0.717, 1.165) is 101 Å². The molecular formula is C84H84F3N4OPt-3. The molecule has 0 radical (unpaired) electrons. The molecule has 3 heterocycles. The van der Waals surface area contributed by atoms with Crippen LogP contribution in [0, 0.1) is 36.3 Å². The maximum absolute atomic E-state index is 17.1. The summed E-state index contributed by atoms with van der Waals surface area (Å²) >= 11 is 0. The molecule has 0 unspecified atom stereocenters.